The van der Waals surface area contributed by atoms with Gasteiger partial charge in [0.2, 0.25) is 5.91 Å². The van der Waals surface area contributed by atoms with Crippen LogP contribution < -0.4 is 11.1 Å². The van der Waals surface area contributed by atoms with Crippen molar-refractivity contribution in [1.29, 1.82) is 0 Å². The molecule has 0 unspecified atom stereocenters. The number of aromatic nitrogens is 4. The van der Waals surface area contributed by atoms with Gasteiger partial charge in [-0.1, -0.05) is 12.1 Å². The minimum absolute atomic E-state index is 0.290. The van der Waals surface area contributed by atoms with Crippen molar-refractivity contribution in [3.63, 3.8) is 0 Å². The van der Waals surface area contributed by atoms with Gasteiger partial charge in [-0.2, -0.15) is 5.10 Å². The smallest absolute Gasteiger partial charge is 0.217 e. The van der Waals surface area contributed by atoms with E-state index in [1.807, 2.05) is 31.3 Å². The maximum absolute atomic E-state index is 10.8. The van der Waals surface area contributed by atoms with Gasteiger partial charge in [0.05, 0.1) is 11.6 Å². The fourth-order valence-electron chi connectivity index (χ4n) is 2.22. The van der Waals surface area contributed by atoms with Crippen molar-refractivity contribution >= 4 is 28.4 Å². The van der Waals surface area contributed by atoms with Gasteiger partial charge in [0.15, 0.2) is 5.65 Å². The molecule has 0 saturated carbocycles. The fraction of sp³-hybridized carbons (Fsp3) is 0.200. The van der Waals surface area contributed by atoms with Gasteiger partial charge >= 0.3 is 0 Å². The lowest BCUT2D eigenvalue weighted by Gasteiger charge is -2.07. The first-order chi connectivity index (χ1) is 10.6. The van der Waals surface area contributed by atoms with Gasteiger partial charge in [-0.25, -0.2) is 9.97 Å². The summed E-state index contributed by atoms with van der Waals surface area (Å²) in [6.45, 7) is 0. The summed E-state index contributed by atoms with van der Waals surface area (Å²) in [6.07, 6.45) is 4.25. The number of anilines is 2. The van der Waals surface area contributed by atoms with E-state index in [2.05, 4.69) is 20.4 Å². The molecule has 2 heterocycles. The minimum Gasteiger partial charge on any atom is -0.370 e. The van der Waals surface area contributed by atoms with E-state index in [0.29, 0.717) is 18.7 Å². The highest BCUT2D eigenvalue weighted by molar-refractivity contribution is 5.88. The number of aryl methyl sites for hydroxylation is 2. The molecule has 2 aromatic heterocycles. The van der Waals surface area contributed by atoms with Gasteiger partial charge in [-0.05, 0) is 24.1 Å². The number of hydrogen-bond acceptors (Lipinski definition) is 5. The Morgan fingerprint density at radius 2 is 2.05 bits per heavy atom. The quantitative estimate of drug-likeness (QED) is 0.744. The molecule has 0 aliphatic rings. The van der Waals surface area contributed by atoms with Crippen LogP contribution in [0.25, 0.3) is 11.0 Å². The Hall–Kier alpha value is -2.96. The molecule has 0 fully saturated rings. The molecule has 0 atom stereocenters. The number of hydrogen-bond donors (Lipinski definition) is 2. The SMILES string of the molecule is Cn1ncc2c(Nc3ccc(CCC(N)=O)cc3)ncnc21. The van der Waals surface area contributed by atoms with Gasteiger partial charge < -0.3 is 11.1 Å². The monoisotopic (exact) mass is 296 g/mol. The number of primary amides is 1. The largest absolute Gasteiger partial charge is 0.370 e. The van der Waals surface area contributed by atoms with E-state index >= 15 is 0 Å². The molecule has 7 nitrogen and oxygen atoms in total. The summed E-state index contributed by atoms with van der Waals surface area (Å²) in [7, 11) is 1.84. The zero-order valence-electron chi connectivity index (χ0n) is 12.2. The summed E-state index contributed by atoms with van der Waals surface area (Å²) in [5.41, 5.74) is 7.90. The summed E-state index contributed by atoms with van der Waals surface area (Å²) in [6, 6.07) is 7.82. The Bertz CT molecular complexity index is 809. The van der Waals surface area contributed by atoms with Crippen LogP contribution in [0.5, 0.6) is 0 Å². The predicted octanol–water partition coefficient (Wildman–Crippen LogP) is 1.52. The van der Waals surface area contributed by atoms with Crippen LogP contribution in [0.15, 0.2) is 36.8 Å². The van der Waals surface area contributed by atoms with E-state index < -0.39 is 0 Å². The number of nitrogens with one attached hydrogen (secondary N) is 1. The Morgan fingerprint density at radius 1 is 1.27 bits per heavy atom. The van der Waals surface area contributed by atoms with Crippen molar-refractivity contribution in [2.75, 3.05) is 5.32 Å². The Labute approximate surface area is 127 Å². The Morgan fingerprint density at radius 3 is 2.77 bits per heavy atom. The maximum atomic E-state index is 10.8. The van der Waals surface area contributed by atoms with Gasteiger partial charge in [-0.15, -0.1) is 0 Å². The second-order valence-electron chi connectivity index (χ2n) is 5.02. The Balaban J connectivity index is 1.79. The van der Waals surface area contributed by atoms with Crippen molar-refractivity contribution in [1.82, 2.24) is 19.7 Å². The standard InChI is InChI=1S/C15H16N6O/c1-21-15-12(8-19-21)14(17-9-18-15)20-11-5-2-10(3-6-11)4-7-13(16)22/h2-3,5-6,8-9H,4,7H2,1H3,(H2,16,22)(H,17,18,20). The average molecular weight is 296 g/mol. The van der Waals surface area contributed by atoms with Crippen molar-refractivity contribution in [3.8, 4) is 0 Å². The molecule has 0 spiro atoms. The van der Waals surface area contributed by atoms with E-state index in [4.69, 9.17) is 5.73 Å². The van der Waals surface area contributed by atoms with Crippen LogP contribution in [0.2, 0.25) is 0 Å². The third-order valence-electron chi connectivity index (χ3n) is 3.41. The first kappa shape index (κ1) is 14.0. The predicted molar refractivity (Wildman–Crippen MR) is 83.5 cm³/mol. The lowest BCUT2D eigenvalue weighted by Crippen LogP contribution is -2.11. The van der Waals surface area contributed by atoms with Crippen LogP contribution >= 0.6 is 0 Å². The molecule has 0 aliphatic heterocycles. The number of nitrogens with two attached hydrogens (primary N) is 1. The summed E-state index contributed by atoms with van der Waals surface area (Å²) < 4.78 is 1.70. The lowest BCUT2D eigenvalue weighted by atomic mass is 10.1. The number of rotatable bonds is 5. The van der Waals surface area contributed by atoms with Gasteiger partial charge in [0, 0.05) is 19.2 Å². The van der Waals surface area contributed by atoms with Crippen LogP contribution in [-0.4, -0.2) is 25.7 Å². The fourth-order valence-corrected chi connectivity index (χ4v) is 2.22. The number of nitrogens with zero attached hydrogens (tertiary/aromatic N) is 4. The van der Waals surface area contributed by atoms with E-state index in [1.54, 1.807) is 10.9 Å². The highest BCUT2D eigenvalue weighted by Crippen LogP contribution is 2.22. The van der Waals surface area contributed by atoms with E-state index in [0.717, 1.165) is 22.3 Å². The first-order valence-corrected chi connectivity index (χ1v) is 6.90. The molecule has 1 aromatic carbocycles. The second kappa shape index (κ2) is 5.80. The van der Waals surface area contributed by atoms with Crippen molar-refractivity contribution < 1.29 is 4.79 Å². The molecular weight excluding hydrogens is 280 g/mol. The normalized spacial score (nSPS) is 10.8. The summed E-state index contributed by atoms with van der Waals surface area (Å²) >= 11 is 0. The highest BCUT2D eigenvalue weighted by atomic mass is 16.1. The van der Waals surface area contributed by atoms with Crippen LogP contribution in [0, 0.1) is 0 Å². The number of fused-ring (bicyclic) bond motifs is 1. The lowest BCUT2D eigenvalue weighted by molar-refractivity contribution is -0.117. The molecule has 0 radical (unpaired) electrons. The molecule has 3 N–H and O–H groups in total. The number of amides is 1. The van der Waals surface area contributed by atoms with E-state index in [9.17, 15) is 4.79 Å². The van der Waals surface area contributed by atoms with Crippen molar-refractivity contribution in [3.05, 3.63) is 42.4 Å². The van der Waals surface area contributed by atoms with Gasteiger partial charge in [0.25, 0.3) is 0 Å². The van der Waals surface area contributed by atoms with Gasteiger partial charge in [-0.3, -0.25) is 9.48 Å². The third kappa shape index (κ3) is 2.88. The molecular formula is C15H16N6O. The molecule has 1 amide bonds. The molecule has 112 valence electrons. The first-order valence-electron chi connectivity index (χ1n) is 6.90. The van der Waals surface area contributed by atoms with Crippen LogP contribution in [0.1, 0.15) is 12.0 Å². The molecule has 0 bridgehead atoms. The second-order valence-corrected chi connectivity index (χ2v) is 5.02. The molecule has 22 heavy (non-hydrogen) atoms. The zero-order chi connectivity index (χ0) is 15.5. The summed E-state index contributed by atoms with van der Waals surface area (Å²) in [5, 5.41) is 8.30. The van der Waals surface area contributed by atoms with E-state index in [-0.39, 0.29) is 5.91 Å². The maximum Gasteiger partial charge on any atom is 0.217 e. The topological polar surface area (TPSA) is 98.7 Å². The number of carbonyl (C=O) groups excluding carboxylic acids is 1. The number of carbonyl (C=O) groups is 1. The van der Waals surface area contributed by atoms with Crippen LogP contribution in [-0.2, 0) is 18.3 Å². The van der Waals surface area contributed by atoms with Gasteiger partial charge in [0.1, 0.15) is 12.1 Å². The van der Waals surface area contributed by atoms with E-state index in [1.165, 1.54) is 6.33 Å². The highest BCUT2D eigenvalue weighted by Gasteiger charge is 2.07. The molecule has 7 heteroatoms. The molecule has 0 aliphatic carbocycles. The molecule has 3 aromatic rings. The summed E-state index contributed by atoms with van der Waals surface area (Å²) in [4.78, 5) is 19.3. The van der Waals surface area contributed by atoms with Crippen LogP contribution in [0.3, 0.4) is 0 Å². The zero-order valence-corrected chi connectivity index (χ0v) is 12.2. The minimum atomic E-state index is -0.290. The number of benzene rings is 1. The van der Waals surface area contributed by atoms with Crippen molar-refractivity contribution in [2.45, 2.75) is 12.8 Å². The average Bonchev–Trinajstić information content (AvgIpc) is 2.89. The van der Waals surface area contributed by atoms with Crippen LogP contribution in [0.4, 0.5) is 11.5 Å². The molecule has 3 rings (SSSR count). The third-order valence-corrected chi connectivity index (χ3v) is 3.41. The summed E-state index contributed by atoms with van der Waals surface area (Å²) in [5.74, 6) is 0.421. The Kier molecular flexibility index (Phi) is 3.69. The van der Waals surface area contributed by atoms with Crippen molar-refractivity contribution in [2.24, 2.45) is 12.8 Å². The molecule has 0 saturated heterocycles.